The molecular weight excluding hydrogens is 158 g/mol. The number of fused-ring (bicyclic) bond motifs is 2. The summed E-state index contributed by atoms with van der Waals surface area (Å²) in [6, 6.07) is 0. The van der Waals surface area contributed by atoms with Crippen LogP contribution >= 0.6 is 0 Å². The van der Waals surface area contributed by atoms with Gasteiger partial charge >= 0.3 is 5.97 Å². The van der Waals surface area contributed by atoms with E-state index in [4.69, 9.17) is 10.8 Å². The van der Waals surface area contributed by atoms with Crippen LogP contribution in [-0.4, -0.2) is 22.1 Å². The molecule has 2 aliphatic carbocycles. The van der Waals surface area contributed by atoms with Gasteiger partial charge < -0.3 is 16.3 Å². The Labute approximate surface area is 71.1 Å². The van der Waals surface area contributed by atoms with Crippen molar-refractivity contribution in [2.75, 3.05) is 0 Å². The van der Waals surface area contributed by atoms with Crippen molar-refractivity contribution in [3.63, 3.8) is 0 Å². The first-order valence-electron chi connectivity index (χ1n) is 4.15. The molecule has 5 N–H and O–H groups in total. The Balaban J connectivity index is 0.000000720. The third-order valence-electron chi connectivity index (χ3n) is 3.29. The van der Waals surface area contributed by atoms with Gasteiger partial charge in [-0.2, -0.15) is 0 Å². The van der Waals surface area contributed by atoms with Crippen molar-refractivity contribution in [1.29, 1.82) is 0 Å². The molecule has 12 heavy (non-hydrogen) atoms. The summed E-state index contributed by atoms with van der Waals surface area (Å²) in [5.41, 5.74) is 4.92. The van der Waals surface area contributed by atoms with Crippen molar-refractivity contribution in [3.05, 3.63) is 0 Å². The lowest BCUT2D eigenvalue weighted by Gasteiger charge is -2.28. The number of nitrogens with two attached hydrogens (primary N) is 1. The van der Waals surface area contributed by atoms with Crippen molar-refractivity contribution in [2.45, 2.75) is 31.2 Å². The molecule has 3 unspecified atom stereocenters. The van der Waals surface area contributed by atoms with Crippen molar-refractivity contribution < 1.29 is 15.4 Å². The topological polar surface area (TPSA) is 94.8 Å². The highest BCUT2D eigenvalue weighted by molar-refractivity contribution is 5.79. The lowest BCUT2D eigenvalue weighted by atomic mass is 9.82. The fraction of sp³-hybridized carbons (Fsp3) is 0.875. The van der Waals surface area contributed by atoms with Crippen LogP contribution in [0.1, 0.15) is 25.7 Å². The molecule has 4 nitrogen and oxygen atoms in total. The van der Waals surface area contributed by atoms with E-state index in [9.17, 15) is 4.79 Å². The number of hydrogen-bond acceptors (Lipinski definition) is 2. The fourth-order valence-electron chi connectivity index (χ4n) is 2.63. The first-order chi connectivity index (χ1) is 5.13. The van der Waals surface area contributed by atoms with Crippen molar-refractivity contribution >= 4 is 5.97 Å². The van der Waals surface area contributed by atoms with E-state index in [1.807, 2.05) is 0 Å². The lowest BCUT2D eigenvalue weighted by molar-refractivity contribution is -0.145. The Hall–Kier alpha value is -0.610. The van der Waals surface area contributed by atoms with Gasteiger partial charge in [-0.25, -0.2) is 0 Å². The van der Waals surface area contributed by atoms with Gasteiger partial charge in [0.2, 0.25) is 0 Å². The maximum atomic E-state index is 10.8. The minimum atomic E-state index is -0.872. The Morgan fingerprint density at radius 3 is 2.42 bits per heavy atom. The van der Waals surface area contributed by atoms with Crippen LogP contribution in [0.15, 0.2) is 0 Å². The zero-order valence-corrected chi connectivity index (χ0v) is 6.92. The highest BCUT2D eigenvalue weighted by Gasteiger charge is 2.53. The molecule has 2 bridgehead atoms. The van der Waals surface area contributed by atoms with Crippen LogP contribution in [-0.2, 0) is 4.79 Å². The van der Waals surface area contributed by atoms with Crippen molar-refractivity contribution in [3.8, 4) is 0 Å². The van der Waals surface area contributed by atoms with Crippen LogP contribution in [0, 0.1) is 11.8 Å². The van der Waals surface area contributed by atoms with Gasteiger partial charge in [-0.3, -0.25) is 4.79 Å². The zero-order chi connectivity index (χ0) is 8.06. The summed E-state index contributed by atoms with van der Waals surface area (Å²) in [7, 11) is 0. The van der Waals surface area contributed by atoms with Crippen molar-refractivity contribution in [2.24, 2.45) is 17.6 Å². The largest absolute Gasteiger partial charge is 0.480 e. The van der Waals surface area contributed by atoms with E-state index < -0.39 is 11.5 Å². The highest BCUT2D eigenvalue weighted by atomic mass is 16.4. The van der Waals surface area contributed by atoms with Gasteiger partial charge in [-0.05, 0) is 31.1 Å². The molecule has 0 amide bonds. The quantitative estimate of drug-likeness (QED) is 0.573. The van der Waals surface area contributed by atoms with Crippen LogP contribution in [0.3, 0.4) is 0 Å². The second-order valence-corrected chi connectivity index (χ2v) is 3.93. The summed E-state index contributed by atoms with van der Waals surface area (Å²) in [5.74, 6) is 0.0517. The predicted molar refractivity (Wildman–Crippen MR) is 43.6 cm³/mol. The number of carboxylic acids is 1. The normalized spacial score (nSPS) is 44.1. The number of carboxylic acid groups (broad SMARTS) is 1. The van der Waals surface area contributed by atoms with Gasteiger partial charge in [0.15, 0.2) is 0 Å². The van der Waals surface area contributed by atoms with E-state index in [0.29, 0.717) is 12.3 Å². The average Bonchev–Trinajstić information content (AvgIpc) is 2.45. The molecular formula is C8H15NO3. The molecule has 3 atom stereocenters. The van der Waals surface area contributed by atoms with E-state index in [1.165, 1.54) is 6.42 Å². The van der Waals surface area contributed by atoms with E-state index in [0.717, 1.165) is 12.8 Å². The van der Waals surface area contributed by atoms with Crippen LogP contribution in [0.25, 0.3) is 0 Å². The molecule has 70 valence electrons. The molecule has 2 rings (SSSR count). The Kier molecular flexibility index (Phi) is 2.14. The number of aliphatic carboxylic acids is 1. The molecule has 2 saturated carbocycles. The smallest absolute Gasteiger partial charge is 0.323 e. The summed E-state index contributed by atoms with van der Waals surface area (Å²) in [6.07, 6.45) is 3.96. The van der Waals surface area contributed by atoms with Gasteiger partial charge in [0.1, 0.15) is 5.54 Å². The third-order valence-corrected chi connectivity index (χ3v) is 3.29. The van der Waals surface area contributed by atoms with Crippen LogP contribution in [0.4, 0.5) is 0 Å². The minimum absolute atomic E-state index is 0. The summed E-state index contributed by atoms with van der Waals surface area (Å²) in [6.45, 7) is 0. The number of carbonyl (C=O) groups is 1. The molecule has 0 saturated heterocycles. The van der Waals surface area contributed by atoms with E-state index in [2.05, 4.69) is 0 Å². The molecule has 2 aliphatic rings. The Morgan fingerprint density at radius 2 is 2.17 bits per heavy atom. The predicted octanol–water partition coefficient (Wildman–Crippen LogP) is -0.236. The van der Waals surface area contributed by atoms with Crippen molar-refractivity contribution in [1.82, 2.24) is 0 Å². The molecule has 0 aromatic carbocycles. The third kappa shape index (κ3) is 1.03. The first-order valence-corrected chi connectivity index (χ1v) is 4.15. The molecule has 0 heterocycles. The maximum Gasteiger partial charge on any atom is 0.323 e. The molecule has 0 radical (unpaired) electrons. The zero-order valence-electron chi connectivity index (χ0n) is 6.92. The maximum absolute atomic E-state index is 10.8. The summed E-state index contributed by atoms with van der Waals surface area (Å²) in [4.78, 5) is 10.8. The van der Waals surface area contributed by atoms with Crippen LogP contribution in [0.5, 0.6) is 0 Å². The summed E-state index contributed by atoms with van der Waals surface area (Å²) >= 11 is 0. The van der Waals surface area contributed by atoms with Gasteiger partial charge in [-0.1, -0.05) is 6.42 Å². The van der Waals surface area contributed by atoms with Gasteiger partial charge in [0, 0.05) is 0 Å². The van der Waals surface area contributed by atoms with Gasteiger partial charge in [0.05, 0.1) is 0 Å². The standard InChI is InChI=1S/C8H13NO2.H2O/c9-8(7(10)11)4-5-1-2-6(8)3-5;/h5-6H,1-4,9H2,(H,10,11);1H2. The molecule has 4 heteroatoms. The van der Waals surface area contributed by atoms with Crippen LogP contribution < -0.4 is 5.73 Å². The average molecular weight is 173 g/mol. The lowest BCUT2D eigenvalue weighted by Crippen LogP contribution is -2.52. The van der Waals surface area contributed by atoms with E-state index in [-0.39, 0.29) is 11.4 Å². The molecule has 0 spiro atoms. The number of rotatable bonds is 1. The second kappa shape index (κ2) is 2.71. The van der Waals surface area contributed by atoms with E-state index in [1.54, 1.807) is 0 Å². The summed E-state index contributed by atoms with van der Waals surface area (Å²) in [5, 5.41) is 8.87. The number of hydrogen-bond donors (Lipinski definition) is 2. The molecule has 0 aliphatic heterocycles. The second-order valence-electron chi connectivity index (χ2n) is 3.93. The SMILES string of the molecule is NC1(C(=O)O)CC2CCC1C2.O. The van der Waals surface area contributed by atoms with Crippen LogP contribution in [0.2, 0.25) is 0 Å². The monoisotopic (exact) mass is 173 g/mol. The fourth-order valence-corrected chi connectivity index (χ4v) is 2.63. The highest BCUT2D eigenvalue weighted by Crippen LogP contribution is 2.49. The molecule has 0 aromatic rings. The van der Waals surface area contributed by atoms with E-state index >= 15 is 0 Å². The van der Waals surface area contributed by atoms with Gasteiger partial charge in [0.25, 0.3) is 0 Å². The first kappa shape index (κ1) is 9.48. The minimum Gasteiger partial charge on any atom is -0.480 e. The Bertz CT molecular complexity index is 206. The Morgan fingerprint density at radius 1 is 1.50 bits per heavy atom. The van der Waals surface area contributed by atoms with Gasteiger partial charge in [-0.15, -0.1) is 0 Å². The summed E-state index contributed by atoms with van der Waals surface area (Å²) < 4.78 is 0. The molecule has 2 fully saturated rings. The molecule has 0 aromatic heterocycles.